The molecule has 2 aliphatic rings. The van der Waals surface area contributed by atoms with E-state index in [2.05, 4.69) is 11.0 Å². The molecule has 3 aromatic rings. The predicted molar refractivity (Wildman–Crippen MR) is 110 cm³/mol. The van der Waals surface area contributed by atoms with Gasteiger partial charge in [0.15, 0.2) is 5.78 Å². The molecule has 5 rings (SSSR count). The van der Waals surface area contributed by atoms with Gasteiger partial charge in [-0.25, -0.2) is 0 Å². The zero-order valence-electron chi connectivity index (χ0n) is 16.6. The van der Waals surface area contributed by atoms with Gasteiger partial charge in [0.2, 0.25) is 0 Å². The van der Waals surface area contributed by atoms with E-state index in [4.69, 9.17) is 4.42 Å². The molecule has 0 atom stereocenters. The summed E-state index contributed by atoms with van der Waals surface area (Å²) in [6.07, 6.45) is 0.712. The van der Waals surface area contributed by atoms with Crippen LogP contribution in [0.5, 0.6) is 0 Å². The first-order valence-electron chi connectivity index (χ1n) is 9.84. The second-order valence-electron chi connectivity index (χ2n) is 8.01. The Morgan fingerprint density at radius 2 is 1.79 bits per heavy atom. The molecule has 2 heterocycles. The minimum absolute atomic E-state index is 0.00524. The van der Waals surface area contributed by atoms with Crippen molar-refractivity contribution in [1.82, 2.24) is 9.80 Å². The van der Waals surface area contributed by atoms with Crippen LogP contribution in [0.4, 0.5) is 0 Å². The summed E-state index contributed by atoms with van der Waals surface area (Å²) < 4.78 is 5.94. The summed E-state index contributed by atoms with van der Waals surface area (Å²) >= 11 is 0. The Kier molecular flexibility index (Phi) is 4.14. The lowest BCUT2D eigenvalue weighted by molar-refractivity contribution is 0.0729. The number of furan rings is 1. The molecule has 5 heteroatoms. The summed E-state index contributed by atoms with van der Waals surface area (Å²) in [7, 11) is 4.01. The Morgan fingerprint density at radius 3 is 2.59 bits per heavy atom. The quantitative estimate of drug-likeness (QED) is 0.538. The van der Waals surface area contributed by atoms with Gasteiger partial charge in [-0.05, 0) is 43.4 Å². The minimum Gasteiger partial charge on any atom is -0.464 e. The van der Waals surface area contributed by atoms with Crippen LogP contribution in [0, 0.1) is 0 Å². The summed E-state index contributed by atoms with van der Waals surface area (Å²) in [5.74, 6) is 1.85. The molecule has 146 valence electrons. The first kappa shape index (κ1) is 17.9. The lowest BCUT2D eigenvalue weighted by Gasteiger charge is -2.26. The van der Waals surface area contributed by atoms with Crippen molar-refractivity contribution in [3.8, 4) is 11.1 Å². The third kappa shape index (κ3) is 2.98. The number of fused-ring (bicyclic) bond motifs is 4. The van der Waals surface area contributed by atoms with Crippen molar-refractivity contribution < 1.29 is 14.0 Å². The van der Waals surface area contributed by atoms with E-state index in [1.54, 1.807) is 6.07 Å². The Balaban J connectivity index is 1.40. The van der Waals surface area contributed by atoms with Gasteiger partial charge in [0.05, 0.1) is 6.54 Å². The van der Waals surface area contributed by atoms with Crippen LogP contribution in [-0.2, 0) is 19.5 Å². The molecule has 2 aromatic carbocycles. The molecule has 0 radical (unpaired) electrons. The summed E-state index contributed by atoms with van der Waals surface area (Å²) in [4.78, 5) is 29.8. The van der Waals surface area contributed by atoms with Gasteiger partial charge in [-0.2, -0.15) is 0 Å². The number of hydrogen-bond acceptors (Lipinski definition) is 4. The first-order valence-corrected chi connectivity index (χ1v) is 9.84. The number of ketones is 1. The molecule has 29 heavy (non-hydrogen) atoms. The fourth-order valence-corrected chi connectivity index (χ4v) is 4.30. The SMILES string of the molecule is CN(C)Cc1cc2c(o1)CCN(C(=O)c1ccc3c(c1)C(=O)c1ccccc1-3)C2. The van der Waals surface area contributed by atoms with Crippen LogP contribution in [0.15, 0.2) is 52.9 Å². The average molecular weight is 386 g/mol. The zero-order chi connectivity index (χ0) is 20.1. The van der Waals surface area contributed by atoms with Gasteiger partial charge in [-0.15, -0.1) is 0 Å². The van der Waals surface area contributed by atoms with E-state index in [1.807, 2.05) is 55.4 Å². The first-order chi connectivity index (χ1) is 14.0. The van der Waals surface area contributed by atoms with Crippen LogP contribution in [-0.4, -0.2) is 42.1 Å². The summed E-state index contributed by atoms with van der Waals surface area (Å²) in [5.41, 5.74) is 4.82. The summed E-state index contributed by atoms with van der Waals surface area (Å²) in [6.45, 7) is 1.90. The summed E-state index contributed by atoms with van der Waals surface area (Å²) in [6, 6.07) is 15.1. The highest BCUT2D eigenvalue weighted by Crippen LogP contribution is 2.37. The molecule has 0 unspecified atom stereocenters. The molecule has 0 saturated carbocycles. The third-order valence-corrected chi connectivity index (χ3v) is 5.65. The normalized spacial score (nSPS) is 14.7. The number of amides is 1. The van der Waals surface area contributed by atoms with Crippen LogP contribution < -0.4 is 0 Å². The van der Waals surface area contributed by atoms with Gasteiger partial charge < -0.3 is 14.2 Å². The molecular weight excluding hydrogens is 364 g/mol. The van der Waals surface area contributed by atoms with E-state index in [0.717, 1.165) is 34.8 Å². The standard InChI is InChI=1S/C24H22N2O3/c1-25(2)14-17-11-16-13-26(10-9-22(16)29-17)24(28)15-7-8-19-18-5-3-4-6-20(18)23(27)21(19)12-15/h3-8,11-12H,9-10,13-14H2,1-2H3. The molecule has 0 bridgehead atoms. The van der Waals surface area contributed by atoms with Gasteiger partial charge in [0.25, 0.3) is 5.91 Å². The molecule has 0 spiro atoms. The molecule has 1 aromatic heterocycles. The smallest absolute Gasteiger partial charge is 0.254 e. The highest BCUT2D eigenvalue weighted by Gasteiger charge is 2.29. The maximum atomic E-state index is 13.1. The topological polar surface area (TPSA) is 53.8 Å². The van der Waals surface area contributed by atoms with Crippen molar-refractivity contribution in [3.63, 3.8) is 0 Å². The molecule has 1 aliphatic heterocycles. The van der Waals surface area contributed by atoms with E-state index in [0.29, 0.717) is 36.2 Å². The van der Waals surface area contributed by atoms with Crippen molar-refractivity contribution in [2.45, 2.75) is 19.5 Å². The Hall–Kier alpha value is -3.18. The number of benzene rings is 2. The van der Waals surface area contributed by atoms with Gasteiger partial charge in [0, 0.05) is 41.8 Å². The number of rotatable bonds is 3. The lowest BCUT2D eigenvalue weighted by atomic mass is 10.0. The van der Waals surface area contributed by atoms with Crippen LogP contribution in [0.1, 0.15) is 43.4 Å². The van der Waals surface area contributed by atoms with Gasteiger partial charge in [-0.3, -0.25) is 9.59 Å². The third-order valence-electron chi connectivity index (χ3n) is 5.65. The minimum atomic E-state index is -0.0439. The van der Waals surface area contributed by atoms with E-state index < -0.39 is 0 Å². The zero-order valence-corrected chi connectivity index (χ0v) is 16.6. The van der Waals surface area contributed by atoms with Gasteiger partial charge in [-0.1, -0.05) is 30.3 Å². The van der Waals surface area contributed by atoms with Crippen molar-refractivity contribution in [2.24, 2.45) is 0 Å². The van der Waals surface area contributed by atoms with Crippen LogP contribution in [0.25, 0.3) is 11.1 Å². The molecule has 1 amide bonds. The second-order valence-corrected chi connectivity index (χ2v) is 8.01. The second kappa shape index (κ2) is 6.71. The summed E-state index contributed by atoms with van der Waals surface area (Å²) in [5, 5.41) is 0. The van der Waals surface area contributed by atoms with Gasteiger partial charge in [0.1, 0.15) is 11.5 Å². The number of nitrogens with zero attached hydrogens (tertiary/aromatic N) is 2. The number of carbonyl (C=O) groups excluding carboxylic acids is 2. The van der Waals surface area contributed by atoms with Crippen molar-refractivity contribution in [1.29, 1.82) is 0 Å². The molecule has 5 nitrogen and oxygen atoms in total. The van der Waals surface area contributed by atoms with E-state index >= 15 is 0 Å². The van der Waals surface area contributed by atoms with Crippen LogP contribution in [0.2, 0.25) is 0 Å². The van der Waals surface area contributed by atoms with Crippen LogP contribution in [0.3, 0.4) is 0 Å². The fourth-order valence-electron chi connectivity index (χ4n) is 4.30. The maximum Gasteiger partial charge on any atom is 0.254 e. The van der Waals surface area contributed by atoms with E-state index in [1.165, 1.54) is 0 Å². The Morgan fingerprint density at radius 1 is 1.03 bits per heavy atom. The van der Waals surface area contributed by atoms with Crippen molar-refractivity contribution in [2.75, 3.05) is 20.6 Å². The lowest BCUT2D eigenvalue weighted by Crippen LogP contribution is -2.35. The van der Waals surface area contributed by atoms with Crippen LogP contribution >= 0.6 is 0 Å². The highest BCUT2D eigenvalue weighted by molar-refractivity contribution is 6.22. The molecule has 0 fully saturated rings. The average Bonchev–Trinajstić information content (AvgIpc) is 3.24. The van der Waals surface area contributed by atoms with Gasteiger partial charge >= 0.3 is 0 Å². The molecule has 0 N–H and O–H groups in total. The number of carbonyl (C=O) groups is 2. The van der Waals surface area contributed by atoms with Crippen molar-refractivity contribution >= 4 is 11.7 Å². The largest absolute Gasteiger partial charge is 0.464 e. The monoisotopic (exact) mass is 386 g/mol. The molecule has 0 saturated heterocycles. The maximum absolute atomic E-state index is 13.1. The Labute approximate surface area is 169 Å². The fraction of sp³-hybridized carbons (Fsp3) is 0.250. The molecular formula is C24H22N2O3. The van der Waals surface area contributed by atoms with E-state index in [9.17, 15) is 9.59 Å². The van der Waals surface area contributed by atoms with E-state index in [-0.39, 0.29) is 11.7 Å². The predicted octanol–water partition coefficient (Wildman–Crippen LogP) is 3.75. The Bertz CT molecular complexity index is 1140. The highest BCUT2D eigenvalue weighted by atomic mass is 16.3. The van der Waals surface area contributed by atoms with Crippen molar-refractivity contribution in [3.05, 3.63) is 82.3 Å². The molecule has 1 aliphatic carbocycles. The number of hydrogen-bond donors (Lipinski definition) is 0.